The smallest absolute Gasteiger partial charge is 0.331 e. The van der Waals surface area contributed by atoms with E-state index in [9.17, 15) is 14.4 Å². The highest BCUT2D eigenvalue weighted by atomic mass is 16.5. The second-order valence-corrected chi connectivity index (χ2v) is 5.54. The maximum absolute atomic E-state index is 12.5. The van der Waals surface area contributed by atoms with Crippen LogP contribution in [0.3, 0.4) is 0 Å². The summed E-state index contributed by atoms with van der Waals surface area (Å²) in [5, 5.41) is 3.89. The molecule has 1 aliphatic heterocycles. The minimum atomic E-state index is -0.517. The van der Waals surface area contributed by atoms with E-state index >= 15 is 0 Å². The second kappa shape index (κ2) is 5.82. The van der Waals surface area contributed by atoms with Crippen LogP contribution in [0.25, 0.3) is 0 Å². The Bertz CT molecular complexity index is 849. The van der Waals surface area contributed by atoms with Gasteiger partial charge in [-0.15, -0.1) is 0 Å². The Morgan fingerprint density at radius 2 is 2.22 bits per heavy atom. The van der Waals surface area contributed by atoms with Crippen LogP contribution in [0.1, 0.15) is 30.6 Å². The Labute approximate surface area is 131 Å². The molecule has 0 N–H and O–H groups in total. The topological polar surface area (TPSA) is 103 Å². The van der Waals surface area contributed by atoms with E-state index in [2.05, 4.69) is 10.1 Å². The van der Waals surface area contributed by atoms with Gasteiger partial charge < -0.3 is 9.42 Å². The Balaban J connectivity index is 1.81. The molecule has 0 radical (unpaired) electrons. The zero-order valence-electron chi connectivity index (χ0n) is 12.9. The Morgan fingerprint density at radius 3 is 2.91 bits per heavy atom. The normalized spacial score (nSPS) is 17.7. The molecule has 9 nitrogen and oxygen atoms in total. The van der Waals surface area contributed by atoms with E-state index in [1.807, 2.05) is 0 Å². The molecule has 0 saturated carbocycles. The zero-order valence-corrected chi connectivity index (χ0v) is 12.9. The molecule has 1 fully saturated rings. The molecule has 3 heterocycles. The van der Waals surface area contributed by atoms with Gasteiger partial charge in [-0.05, 0) is 12.8 Å². The summed E-state index contributed by atoms with van der Waals surface area (Å²) in [6, 6.07) is 1.03. The van der Waals surface area contributed by atoms with Crippen LogP contribution in [0.4, 0.5) is 0 Å². The SMILES string of the molecule is Cc1nc(C2CCCN2C(=O)Cn2ccc(=O)n(C)c2=O)no1. The summed E-state index contributed by atoms with van der Waals surface area (Å²) in [7, 11) is 1.38. The average Bonchev–Trinajstić information content (AvgIpc) is 3.16. The van der Waals surface area contributed by atoms with Crippen molar-refractivity contribution in [2.75, 3.05) is 6.54 Å². The number of carbonyl (C=O) groups excluding carboxylic acids is 1. The minimum absolute atomic E-state index is 0.125. The van der Waals surface area contributed by atoms with E-state index in [4.69, 9.17) is 4.52 Å². The van der Waals surface area contributed by atoms with Gasteiger partial charge in [0, 0.05) is 32.8 Å². The van der Waals surface area contributed by atoms with Crippen molar-refractivity contribution in [3.63, 3.8) is 0 Å². The third-order valence-corrected chi connectivity index (χ3v) is 3.98. The number of carbonyl (C=O) groups is 1. The fraction of sp³-hybridized carbons (Fsp3) is 0.500. The van der Waals surface area contributed by atoms with Crippen molar-refractivity contribution in [2.24, 2.45) is 7.05 Å². The van der Waals surface area contributed by atoms with Crippen LogP contribution in [0.5, 0.6) is 0 Å². The van der Waals surface area contributed by atoms with Crippen LogP contribution in [0.2, 0.25) is 0 Å². The van der Waals surface area contributed by atoms with Crippen molar-refractivity contribution in [3.8, 4) is 0 Å². The Morgan fingerprint density at radius 1 is 1.43 bits per heavy atom. The van der Waals surface area contributed by atoms with Gasteiger partial charge in [0.2, 0.25) is 11.8 Å². The number of aromatic nitrogens is 4. The Kier molecular flexibility index (Phi) is 3.85. The number of hydrogen-bond acceptors (Lipinski definition) is 6. The van der Waals surface area contributed by atoms with Gasteiger partial charge in [0.1, 0.15) is 6.54 Å². The molecule has 2 aromatic heterocycles. The lowest BCUT2D eigenvalue weighted by Crippen LogP contribution is -2.41. The molecule has 0 spiro atoms. The van der Waals surface area contributed by atoms with Crippen LogP contribution in [-0.4, -0.2) is 36.6 Å². The summed E-state index contributed by atoms with van der Waals surface area (Å²) in [4.78, 5) is 41.8. The van der Waals surface area contributed by atoms with E-state index < -0.39 is 11.2 Å². The van der Waals surface area contributed by atoms with E-state index in [1.165, 1.54) is 23.9 Å². The molecule has 1 aliphatic rings. The largest absolute Gasteiger partial charge is 0.340 e. The fourth-order valence-corrected chi connectivity index (χ4v) is 2.76. The van der Waals surface area contributed by atoms with Crippen LogP contribution in [0.15, 0.2) is 26.4 Å². The number of rotatable bonds is 3. The van der Waals surface area contributed by atoms with E-state index in [0.29, 0.717) is 18.3 Å². The third kappa shape index (κ3) is 2.81. The molecule has 23 heavy (non-hydrogen) atoms. The molecule has 3 rings (SSSR count). The predicted molar refractivity (Wildman–Crippen MR) is 78.7 cm³/mol. The van der Waals surface area contributed by atoms with Gasteiger partial charge in [-0.25, -0.2) is 4.79 Å². The van der Waals surface area contributed by atoms with Crippen LogP contribution >= 0.6 is 0 Å². The molecule has 1 saturated heterocycles. The molecule has 9 heteroatoms. The zero-order chi connectivity index (χ0) is 16.6. The molecule has 122 valence electrons. The van der Waals surface area contributed by atoms with Gasteiger partial charge in [-0.2, -0.15) is 4.98 Å². The first kappa shape index (κ1) is 15.2. The fourth-order valence-electron chi connectivity index (χ4n) is 2.76. The van der Waals surface area contributed by atoms with Crippen molar-refractivity contribution in [1.82, 2.24) is 24.2 Å². The molecule has 0 bridgehead atoms. The highest BCUT2D eigenvalue weighted by molar-refractivity contribution is 5.76. The Hall–Kier alpha value is -2.71. The van der Waals surface area contributed by atoms with Crippen LogP contribution in [-0.2, 0) is 18.4 Å². The van der Waals surface area contributed by atoms with Crippen LogP contribution < -0.4 is 11.2 Å². The maximum Gasteiger partial charge on any atom is 0.331 e. The average molecular weight is 319 g/mol. The van der Waals surface area contributed by atoms with Gasteiger partial charge in [0.15, 0.2) is 5.82 Å². The molecule has 0 aromatic carbocycles. The number of nitrogens with zero attached hydrogens (tertiary/aromatic N) is 5. The highest BCUT2D eigenvalue weighted by Gasteiger charge is 2.33. The first-order valence-electron chi connectivity index (χ1n) is 7.33. The molecule has 1 unspecified atom stereocenters. The third-order valence-electron chi connectivity index (χ3n) is 3.98. The van der Waals surface area contributed by atoms with Crippen molar-refractivity contribution in [2.45, 2.75) is 32.4 Å². The van der Waals surface area contributed by atoms with Crippen molar-refractivity contribution >= 4 is 5.91 Å². The summed E-state index contributed by atoms with van der Waals surface area (Å²) < 4.78 is 7.17. The van der Waals surface area contributed by atoms with Gasteiger partial charge in [0.05, 0.1) is 6.04 Å². The molecular weight excluding hydrogens is 302 g/mol. The molecule has 0 aliphatic carbocycles. The van der Waals surface area contributed by atoms with Crippen molar-refractivity contribution < 1.29 is 9.32 Å². The van der Waals surface area contributed by atoms with Crippen LogP contribution in [0, 0.1) is 6.92 Å². The number of hydrogen-bond donors (Lipinski definition) is 0. The first-order valence-corrected chi connectivity index (χ1v) is 7.33. The summed E-state index contributed by atoms with van der Waals surface area (Å²) in [5.74, 6) is 0.727. The lowest BCUT2D eigenvalue weighted by atomic mass is 10.2. The summed E-state index contributed by atoms with van der Waals surface area (Å²) in [6.07, 6.45) is 2.94. The predicted octanol–water partition coefficient (Wildman–Crippen LogP) is -0.398. The molecule has 1 atom stereocenters. The minimum Gasteiger partial charge on any atom is -0.340 e. The quantitative estimate of drug-likeness (QED) is 0.763. The first-order chi connectivity index (χ1) is 11.0. The maximum atomic E-state index is 12.5. The second-order valence-electron chi connectivity index (χ2n) is 5.54. The summed E-state index contributed by atoms with van der Waals surface area (Å²) >= 11 is 0. The van der Waals surface area contributed by atoms with Gasteiger partial charge in [0.25, 0.3) is 5.56 Å². The number of likely N-dealkylation sites (tertiary alicyclic amines) is 1. The van der Waals surface area contributed by atoms with Crippen molar-refractivity contribution in [3.05, 3.63) is 44.8 Å². The van der Waals surface area contributed by atoms with E-state index in [-0.39, 0.29) is 18.5 Å². The highest BCUT2D eigenvalue weighted by Crippen LogP contribution is 2.30. The van der Waals surface area contributed by atoms with Gasteiger partial charge >= 0.3 is 5.69 Å². The number of amides is 1. The number of aryl methyl sites for hydroxylation is 1. The molecule has 1 amide bonds. The lowest BCUT2D eigenvalue weighted by Gasteiger charge is -2.22. The van der Waals surface area contributed by atoms with Crippen molar-refractivity contribution in [1.29, 1.82) is 0 Å². The standard InChI is InChI=1S/C14H17N5O4/c1-9-15-13(16-23-9)10-4-3-6-19(10)12(21)8-18-7-5-11(20)17(2)14(18)22/h5,7,10H,3-4,6,8H2,1-2H3. The summed E-state index contributed by atoms with van der Waals surface area (Å²) in [6.45, 7) is 2.15. The lowest BCUT2D eigenvalue weighted by molar-refractivity contribution is -0.133. The molecule has 2 aromatic rings. The van der Waals surface area contributed by atoms with Gasteiger partial charge in [-0.1, -0.05) is 5.16 Å². The van der Waals surface area contributed by atoms with E-state index in [0.717, 1.165) is 17.4 Å². The molecular formula is C14H17N5O4. The summed E-state index contributed by atoms with van der Waals surface area (Å²) in [5.41, 5.74) is -0.919. The van der Waals surface area contributed by atoms with Gasteiger partial charge in [-0.3, -0.25) is 18.7 Å². The monoisotopic (exact) mass is 319 g/mol. The van der Waals surface area contributed by atoms with E-state index in [1.54, 1.807) is 11.8 Å².